The smallest absolute Gasteiger partial charge is 0.287 e. The quantitative estimate of drug-likeness (QED) is 0.658. The summed E-state index contributed by atoms with van der Waals surface area (Å²) in [4.78, 5) is 12.5. The number of carbonyl (C=O) groups excluding carboxylic acids is 1. The lowest BCUT2D eigenvalue weighted by Crippen LogP contribution is -2.30. The SMILES string of the molecule is Cc1cc(C)n(CC(C)CNC(=O)c2occc2COc2ccccc2)n1. The third-order valence-corrected chi connectivity index (χ3v) is 4.29. The molecule has 3 rings (SSSR count). The molecular weight excluding hydrogens is 342 g/mol. The topological polar surface area (TPSA) is 69.3 Å². The maximum Gasteiger partial charge on any atom is 0.287 e. The molecule has 1 atom stereocenters. The number of amides is 1. The van der Waals surface area contributed by atoms with Crippen LogP contribution in [0.4, 0.5) is 0 Å². The highest BCUT2D eigenvalue weighted by Gasteiger charge is 2.17. The number of nitrogens with zero attached hydrogens (tertiary/aromatic N) is 2. The van der Waals surface area contributed by atoms with Crippen molar-refractivity contribution in [3.63, 3.8) is 0 Å². The van der Waals surface area contributed by atoms with E-state index in [4.69, 9.17) is 9.15 Å². The van der Waals surface area contributed by atoms with E-state index in [9.17, 15) is 4.79 Å². The number of hydrogen-bond donors (Lipinski definition) is 1. The number of para-hydroxylation sites is 1. The van der Waals surface area contributed by atoms with Crippen LogP contribution in [0.5, 0.6) is 5.75 Å². The number of rotatable bonds is 8. The molecular formula is C21H25N3O3. The average Bonchev–Trinajstić information content (AvgIpc) is 3.25. The molecule has 0 aliphatic rings. The molecule has 1 aromatic carbocycles. The van der Waals surface area contributed by atoms with E-state index < -0.39 is 0 Å². The van der Waals surface area contributed by atoms with Crippen molar-refractivity contribution >= 4 is 5.91 Å². The van der Waals surface area contributed by atoms with Gasteiger partial charge in [0.15, 0.2) is 5.76 Å². The van der Waals surface area contributed by atoms with Crippen LogP contribution in [0.15, 0.2) is 53.1 Å². The molecule has 2 heterocycles. The summed E-state index contributed by atoms with van der Waals surface area (Å²) in [5.74, 6) is 1.06. The van der Waals surface area contributed by atoms with Gasteiger partial charge >= 0.3 is 0 Å². The van der Waals surface area contributed by atoms with Gasteiger partial charge < -0.3 is 14.5 Å². The second-order valence-electron chi connectivity index (χ2n) is 6.80. The Balaban J connectivity index is 1.52. The molecule has 142 valence electrons. The van der Waals surface area contributed by atoms with Gasteiger partial charge in [-0.2, -0.15) is 5.10 Å². The molecule has 0 saturated carbocycles. The zero-order valence-corrected chi connectivity index (χ0v) is 15.9. The minimum absolute atomic E-state index is 0.230. The Morgan fingerprint density at radius 2 is 2.04 bits per heavy atom. The number of furan rings is 1. The number of hydrogen-bond acceptors (Lipinski definition) is 4. The summed E-state index contributed by atoms with van der Waals surface area (Å²) in [6.07, 6.45) is 1.51. The molecule has 1 amide bonds. The Morgan fingerprint density at radius 1 is 1.26 bits per heavy atom. The Morgan fingerprint density at radius 3 is 2.74 bits per heavy atom. The first-order chi connectivity index (χ1) is 13.0. The largest absolute Gasteiger partial charge is 0.489 e. The Hall–Kier alpha value is -3.02. The monoisotopic (exact) mass is 367 g/mol. The summed E-state index contributed by atoms with van der Waals surface area (Å²) in [5.41, 5.74) is 2.85. The normalized spacial score (nSPS) is 12.0. The molecule has 1 unspecified atom stereocenters. The zero-order chi connectivity index (χ0) is 19.2. The fraction of sp³-hybridized carbons (Fsp3) is 0.333. The third kappa shape index (κ3) is 5.00. The molecule has 27 heavy (non-hydrogen) atoms. The number of ether oxygens (including phenoxy) is 1. The lowest BCUT2D eigenvalue weighted by molar-refractivity contribution is 0.0915. The molecule has 0 aliphatic heterocycles. The van der Waals surface area contributed by atoms with E-state index in [1.54, 1.807) is 6.07 Å². The molecule has 0 radical (unpaired) electrons. The highest BCUT2D eigenvalue weighted by atomic mass is 16.5. The predicted molar refractivity (Wildman–Crippen MR) is 103 cm³/mol. The Kier molecular flexibility index (Phi) is 5.96. The summed E-state index contributed by atoms with van der Waals surface area (Å²) in [5, 5.41) is 7.40. The summed E-state index contributed by atoms with van der Waals surface area (Å²) in [6.45, 7) is 7.67. The highest BCUT2D eigenvalue weighted by molar-refractivity contribution is 5.92. The molecule has 6 nitrogen and oxygen atoms in total. The summed E-state index contributed by atoms with van der Waals surface area (Å²) >= 11 is 0. The van der Waals surface area contributed by atoms with Crippen LogP contribution >= 0.6 is 0 Å². The van der Waals surface area contributed by atoms with Gasteiger partial charge in [0, 0.05) is 24.3 Å². The van der Waals surface area contributed by atoms with Crippen molar-refractivity contribution in [2.45, 2.75) is 33.9 Å². The van der Waals surface area contributed by atoms with Crippen molar-refractivity contribution in [2.24, 2.45) is 5.92 Å². The Labute approximate surface area is 159 Å². The van der Waals surface area contributed by atoms with Crippen LogP contribution in [0.3, 0.4) is 0 Å². The minimum atomic E-state index is -0.230. The Bertz CT molecular complexity index is 883. The van der Waals surface area contributed by atoms with Gasteiger partial charge in [-0.3, -0.25) is 9.48 Å². The van der Waals surface area contributed by atoms with Crippen LogP contribution in [0.2, 0.25) is 0 Å². The van der Waals surface area contributed by atoms with Crippen LogP contribution in [-0.4, -0.2) is 22.2 Å². The van der Waals surface area contributed by atoms with E-state index in [-0.39, 0.29) is 18.4 Å². The van der Waals surface area contributed by atoms with Gasteiger partial charge in [-0.05, 0) is 44.0 Å². The molecule has 6 heteroatoms. The van der Waals surface area contributed by atoms with Gasteiger partial charge in [0.25, 0.3) is 5.91 Å². The number of aryl methyl sites for hydroxylation is 2. The van der Waals surface area contributed by atoms with Crippen molar-refractivity contribution in [2.75, 3.05) is 6.54 Å². The van der Waals surface area contributed by atoms with Gasteiger partial charge in [-0.15, -0.1) is 0 Å². The van der Waals surface area contributed by atoms with E-state index >= 15 is 0 Å². The highest BCUT2D eigenvalue weighted by Crippen LogP contribution is 2.16. The van der Waals surface area contributed by atoms with Crippen LogP contribution in [0.1, 0.15) is 34.4 Å². The van der Waals surface area contributed by atoms with Crippen LogP contribution in [-0.2, 0) is 13.2 Å². The maximum absolute atomic E-state index is 12.5. The molecule has 0 bridgehead atoms. The number of aromatic nitrogens is 2. The van der Waals surface area contributed by atoms with Crippen LogP contribution in [0.25, 0.3) is 0 Å². The van der Waals surface area contributed by atoms with Crippen LogP contribution in [0, 0.1) is 19.8 Å². The van der Waals surface area contributed by atoms with Gasteiger partial charge in [-0.1, -0.05) is 25.1 Å². The summed E-state index contributed by atoms with van der Waals surface area (Å²) in [6, 6.07) is 13.3. The standard InChI is InChI=1S/C21H25N3O3/c1-15(13-24-17(3)11-16(2)23-24)12-22-21(25)20-18(9-10-26-20)14-27-19-7-5-4-6-8-19/h4-11,15H,12-14H2,1-3H3,(H,22,25). The maximum atomic E-state index is 12.5. The molecule has 0 aliphatic carbocycles. The first kappa shape index (κ1) is 18.8. The van der Waals surface area contributed by atoms with Crippen molar-refractivity contribution in [3.8, 4) is 5.75 Å². The third-order valence-electron chi connectivity index (χ3n) is 4.29. The van der Waals surface area contributed by atoms with Crippen molar-refractivity contribution in [3.05, 3.63) is 71.4 Å². The van der Waals surface area contributed by atoms with Crippen molar-refractivity contribution in [1.82, 2.24) is 15.1 Å². The molecule has 1 N–H and O–H groups in total. The van der Waals surface area contributed by atoms with E-state index in [1.165, 1.54) is 6.26 Å². The number of benzene rings is 1. The van der Waals surface area contributed by atoms with Gasteiger partial charge in [-0.25, -0.2) is 0 Å². The van der Waals surface area contributed by atoms with Gasteiger partial charge in [0.2, 0.25) is 0 Å². The first-order valence-corrected chi connectivity index (χ1v) is 9.06. The van der Waals surface area contributed by atoms with E-state index in [0.29, 0.717) is 12.3 Å². The average molecular weight is 367 g/mol. The molecule has 0 spiro atoms. The molecule has 0 fully saturated rings. The summed E-state index contributed by atoms with van der Waals surface area (Å²) < 4.78 is 13.1. The van der Waals surface area contributed by atoms with Gasteiger partial charge in [0.1, 0.15) is 12.4 Å². The minimum Gasteiger partial charge on any atom is -0.489 e. The van der Waals surface area contributed by atoms with Crippen molar-refractivity contribution < 1.29 is 13.9 Å². The second kappa shape index (κ2) is 8.58. The number of nitrogens with one attached hydrogen (secondary N) is 1. The fourth-order valence-electron chi connectivity index (χ4n) is 2.89. The first-order valence-electron chi connectivity index (χ1n) is 9.06. The van der Waals surface area contributed by atoms with Crippen LogP contribution < -0.4 is 10.1 Å². The van der Waals surface area contributed by atoms with E-state index in [1.807, 2.05) is 54.9 Å². The fourth-order valence-corrected chi connectivity index (χ4v) is 2.89. The molecule has 3 aromatic rings. The molecule has 2 aromatic heterocycles. The lowest BCUT2D eigenvalue weighted by atomic mass is 10.1. The zero-order valence-electron chi connectivity index (χ0n) is 15.9. The summed E-state index contributed by atoms with van der Waals surface area (Å²) in [7, 11) is 0. The molecule has 0 saturated heterocycles. The van der Waals surface area contributed by atoms with Gasteiger partial charge in [0.05, 0.1) is 12.0 Å². The number of carbonyl (C=O) groups is 1. The lowest BCUT2D eigenvalue weighted by Gasteiger charge is -2.14. The second-order valence-corrected chi connectivity index (χ2v) is 6.80. The predicted octanol–water partition coefficient (Wildman–Crippen LogP) is 3.74. The van der Waals surface area contributed by atoms with Crippen molar-refractivity contribution in [1.29, 1.82) is 0 Å². The van der Waals surface area contributed by atoms with E-state index in [0.717, 1.165) is 29.2 Å². The van der Waals surface area contributed by atoms with E-state index in [2.05, 4.69) is 17.3 Å².